The highest BCUT2D eigenvalue weighted by molar-refractivity contribution is 9.10. The molecule has 0 aliphatic heterocycles. The Labute approximate surface area is 138 Å². The number of benzene rings is 2. The lowest BCUT2D eigenvalue weighted by atomic mass is 10.0. The van der Waals surface area contributed by atoms with Crippen LogP contribution in [-0.2, 0) is 11.3 Å². The fourth-order valence-electron chi connectivity index (χ4n) is 2.01. The summed E-state index contributed by atoms with van der Waals surface area (Å²) in [5.74, 6) is 0. The number of carbonyl (C=O) groups is 1. The number of aliphatic hydroxyl groups excluding tert-OH is 1. The summed E-state index contributed by atoms with van der Waals surface area (Å²) >= 11 is 3.36. The quantitative estimate of drug-likeness (QED) is 0.849. The van der Waals surface area contributed by atoms with Crippen LogP contribution in [0.3, 0.4) is 0 Å². The van der Waals surface area contributed by atoms with Crippen LogP contribution < -0.4 is 5.32 Å². The molecule has 2 aromatic rings. The molecule has 0 aliphatic carbocycles. The molecule has 2 rings (SSSR count). The van der Waals surface area contributed by atoms with Crippen molar-refractivity contribution in [2.75, 3.05) is 0 Å². The molecule has 2 aromatic carbocycles. The molecule has 0 aromatic heterocycles. The minimum atomic E-state index is -0.804. The van der Waals surface area contributed by atoms with Gasteiger partial charge in [-0.2, -0.15) is 0 Å². The van der Waals surface area contributed by atoms with E-state index in [4.69, 9.17) is 4.74 Å². The largest absolute Gasteiger partial charge is 0.445 e. The van der Waals surface area contributed by atoms with Crippen molar-refractivity contribution < 1.29 is 14.6 Å². The van der Waals surface area contributed by atoms with Gasteiger partial charge in [0, 0.05) is 4.47 Å². The first kappa shape index (κ1) is 16.5. The predicted octanol–water partition coefficient (Wildman–Crippen LogP) is 3.80. The van der Waals surface area contributed by atoms with Crippen molar-refractivity contribution in [2.45, 2.75) is 25.7 Å². The summed E-state index contributed by atoms with van der Waals surface area (Å²) in [6.45, 7) is 1.93. The molecule has 22 heavy (non-hydrogen) atoms. The van der Waals surface area contributed by atoms with Crippen molar-refractivity contribution >= 4 is 22.0 Å². The molecule has 0 fully saturated rings. The number of carbonyl (C=O) groups excluding carboxylic acids is 1. The summed E-state index contributed by atoms with van der Waals surface area (Å²) in [5, 5.41) is 12.9. The molecule has 0 heterocycles. The number of hydrogen-bond donors (Lipinski definition) is 2. The highest BCUT2D eigenvalue weighted by atomic mass is 79.9. The second-order valence-corrected chi connectivity index (χ2v) is 5.91. The molecule has 2 N–H and O–H groups in total. The van der Waals surface area contributed by atoms with Crippen LogP contribution in [0.25, 0.3) is 0 Å². The van der Waals surface area contributed by atoms with E-state index in [1.165, 1.54) is 0 Å². The van der Waals surface area contributed by atoms with E-state index in [0.29, 0.717) is 0 Å². The van der Waals surface area contributed by atoms with Crippen LogP contribution in [-0.4, -0.2) is 17.2 Å². The van der Waals surface area contributed by atoms with E-state index in [1.807, 2.05) is 54.6 Å². The van der Waals surface area contributed by atoms with E-state index in [2.05, 4.69) is 21.2 Å². The minimum Gasteiger partial charge on any atom is -0.445 e. The number of rotatable bonds is 5. The third-order valence-electron chi connectivity index (χ3n) is 3.22. The van der Waals surface area contributed by atoms with Crippen molar-refractivity contribution in [2.24, 2.45) is 0 Å². The molecule has 0 saturated carbocycles. The number of amides is 1. The molecule has 0 radical (unpaired) electrons. The van der Waals surface area contributed by atoms with Crippen LogP contribution in [0.2, 0.25) is 0 Å². The van der Waals surface area contributed by atoms with Gasteiger partial charge < -0.3 is 15.2 Å². The fourth-order valence-corrected chi connectivity index (χ4v) is 2.43. The first-order valence-electron chi connectivity index (χ1n) is 6.97. The summed E-state index contributed by atoms with van der Waals surface area (Å²) in [5.41, 5.74) is 1.64. The summed E-state index contributed by atoms with van der Waals surface area (Å²) in [7, 11) is 0. The smallest absolute Gasteiger partial charge is 0.407 e. The Morgan fingerprint density at radius 1 is 1.23 bits per heavy atom. The lowest BCUT2D eigenvalue weighted by Gasteiger charge is -2.20. The monoisotopic (exact) mass is 363 g/mol. The van der Waals surface area contributed by atoms with Crippen molar-refractivity contribution in [1.82, 2.24) is 5.32 Å². The van der Waals surface area contributed by atoms with E-state index < -0.39 is 18.2 Å². The van der Waals surface area contributed by atoms with Crippen molar-refractivity contribution in [3.8, 4) is 0 Å². The standard InChI is InChI=1S/C17H18BrNO3/c1-12(16(20)14-8-5-9-15(18)10-14)19-17(21)22-11-13-6-3-2-4-7-13/h2-10,12,16,20H,11H2,1H3,(H,19,21)/t12-,16-/m0/s1. The minimum absolute atomic E-state index is 0.201. The Morgan fingerprint density at radius 3 is 2.64 bits per heavy atom. The average molecular weight is 364 g/mol. The third kappa shape index (κ3) is 4.86. The summed E-state index contributed by atoms with van der Waals surface area (Å²) < 4.78 is 6.02. The van der Waals surface area contributed by atoms with E-state index in [0.717, 1.165) is 15.6 Å². The Balaban J connectivity index is 1.85. The van der Waals surface area contributed by atoms with Gasteiger partial charge in [-0.25, -0.2) is 4.79 Å². The highest BCUT2D eigenvalue weighted by Gasteiger charge is 2.19. The van der Waals surface area contributed by atoms with Gasteiger partial charge in [0.2, 0.25) is 0 Å². The normalized spacial score (nSPS) is 13.2. The van der Waals surface area contributed by atoms with Gasteiger partial charge in [0.05, 0.1) is 12.1 Å². The number of nitrogens with one attached hydrogen (secondary N) is 1. The van der Waals surface area contributed by atoms with E-state index in [1.54, 1.807) is 6.92 Å². The van der Waals surface area contributed by atoms with Gasteiger partial charge >= 0.3 is 6.09 Å². The molecule has 0 spiro atoms. The predicted molar refractivity (Wildman–Crippen MR) is 88.3 cm³/mol. The van der Waals surface area contributed by atoms with Crippen molar-refractivity contribution in [3.63, 3.8) is 0 Å². The second-order valence-electron chi connectivity index (χ2n) is 4.99. The maximum atomic E-state index is 11.8. The molecule has 0 unspecified atom stereocenters. The molecule has 0 bridgehead atoms. The summed E-state index contributed by atoms with van der Waals surface area (Å²) in [4.78, 5) is 11.8. The van der Waals surface area contributed by atoms with Gasteiger partial charge in [0.15, 0.2) is 0 Å². The number of alkyl carbamates (subject to hydrolysis) is 1. The van der Waals surface area contributed by atoms with Gasteiger partial charge in [0.25, 0.3) is 0 Å². The summed E-state index contributed by atoms with van der Waals surface area (Å²) in [6, 6.07) is 16.3. The van der Waals surface area contributed by atoms with E-state index in [-0.39, 0.29) is 6.61 Å². The van der Waals surface area contributed by atoms with Crippen LogP contribution in [0, 0.1) is 0 Å². The third-order valence-corrected chi connectivity index (χ3v) is 3.72. The molecular formula is C17H18BrNO3. The molecule has 0 aliphatic rings. The van der Waals surface area contributed by atoms with E-state index >= 15 is 0 Å². The van der Waals surface area contributed by atoms with Gasteiger partial charge in [-0.05, 0) is 30.2 Å². The number of aliphatic hydroxyl groups is 1. The molecule has 1 amide bonds. The number of ether oxygens (including phenoxy) is 1. The molecular weight excluding hydrogens is 346 g/mol. The van der Waals surface area contributed by atoms with Gasteiger partial charge in [-0.15, -0.1) is 0 Å². The first-order chi connectivity index (χ1) is 10.6. The lowest BCUT2D eigenvalue weighted by Crippen LogP contribution is -2.37. The van der Waals surface area contributed by atoms with Crippen LogP contribution in [0.15, 0.2) is 59.1 Å². The van der Waals surface area contributed by atoms with Crippen molar-refractivity contribution in [3.05, 3.63) is 70.2 Å². The van der Waals surface area contributed by atoms with Crippen LogP contribution in [0.1, 0.15) is 24.2 Å². The maximum absolute atomic E-state index is 11.8. The SMILES string of the molecule is C[C@H](NC(=O)OCc1ccccc1)[C@H](O)c1cccc(Br)c1. The highest BCUT2D eigenvalue weighted by Crippen LogP contribution is 2.20. The molecule has 5 heteroatoms. The fraction of sp³-hybridized carbons (Fsp3) is 0.235. The van der Waals surface area contributed by atoms with Gasteiger partial charge in [-0.1, -0.05) is 58.4 Å². The van der Waals surface area contributed by atoms with Crippen LogP contribution >= 0.6 is 15.9 Å². The molecule has 4 nitrogen and oxygen atoms in total. The second kappa shape index (κ2) is 7.96. The van der Waals surface area contributed by atoms with Gasteiger partial charge in [-0.3, -0.25) is 0 Å². The maximum Gasteiger partial charge on any atom is 0.407 e. The first-order valence-corrected chi connectivity index (χ1v) is 7.76. The zero-order valence-corrected chi connectivity index (χ0v) is 13.8. The average Bonchev–Trinajstić information content (AvgIpc) is 2.53. The van der Waals surface area contributed by atoms with Gasteiger partial charge in [0.1, 0.15) is 6.61 Å². The topological polar surface area (TPSA) is 58.6 Å². The van der Waals surface area contributed by atoms with Crippen LogP contribution in [0.4, 0.5) is 4.79 Å². The Morgan fingerprint density at radius 2 is 1.95 bits per heavy atom. The Bertz CT molecular complexity index is 618. The van der Waals surface area contributed by atoms with Crippen LogP contribution in [0.5, 0.6) is 0 Å². The molecule has 0 saturated heterocycles. The number of hydrogen-bond acceptors (Lipinski definition) is 3. The number of halogens is 1. The molecule has 116 valence electrons. The zero-order valence-electron chi connectivity index (χ0n) is 12.2. The Kier molecular flexibility index (Phi) is 5.98. The lowest BCUT2D eigenvalue weighted by molar-refractivity contribution is 0.106. The molecule has 2 atom stereocenters. The van der Waals surface area contributed by atoms with E-state index in [9.17, 15) is 9.90 Å². The summed E-state index contributed by atoms with van der Waals surface area (Å²) in [6.07, 6.45) is -1.35. The van der Waals surface area contributed by atoms with Crippen molar-refractivity contribution in [1.29, 1.82) is 0 Å². The Hall–Kier alpha value is -1.85. The zero-order chi connectivity index (χ0) is 15.9.